The summed E-state index contributed by atoms with van der Waals surface area (Å²) in [6.07, 6.45) is 10.3. The number of hydrogen-bond acceptors (Lipinski definition) is 10. The van der Waals surface area contributed by atoms with E-state index in [4.69, 9.17) is 9.47 Å². The second kappa shape index (κ2) is 17.9. The van der Waals surface area contributed by atoms with E-state index < -0.39 is 52.7 Å². The van der Waals surface area contributed by atoms with Crippen molar-refractivity contribution in [1.29, 1.82) is 0 Å². The van der Waals surface area contributed by atoms with E-state index in [1.54, 1.807) is 72.8 Å². The van der Waals surface area contributed by atoms with E-state index in [1.807, 2.05) is 72.8 Å². The van der Waals surface area contributed by atoms with Crippen LogP contribution in [0.1, 0.15) is 41.5 Å². The van der Waals surface area contributed by atoms with Crippen LogP contribution in [0.25, 0.3) is 0 Å². The molecular weight excluding hydrogens is 889 g/mol. The summed E-state index contributed by atoms with van der Waals surface area (Å²) in [7, 11) is 0. The molecule has 0 aromatic heterocycles. The third-order valence-corrected chi connectivity index (χ3v) is 12.6. The van der Waals surface area contributed by atoms with E-state index in [0.29, 0.717) is 52.2 Å². The highest BCUT2D eigenvalue weighted by Gasteiger charge is 2.35. The Morgan fingerprint density at radius 1 is 0.329 bits per heavy atom. The molecule has 70 heavy (non-hydrogen) atoms. The lowest BCUT2D eigenvalue weighted by atomic mass is 9.68. The third kappa shape index (κ3) is 8.41. The summed E-state index contributed by atoms with van der Waals surface area (Å²) in [5, 5.41) is 0. The molecule has 6 aromatic rings. The van der Waals surface area contributed by atoms with Crippen LogP contribution < -0.4 is 29.1 Å². The number of ether oxygens (including phenoxy) is 2. The Bertz CT molecular complexity index is 2990. The maximum absolute atomic E-state index is 12.6. The van der Waals surface area contributed by atoms with Crippen LogP contribution in [0.3, 0.4) is 0 Å². The number of anilines is 4. The van der Waals surface area contributed by atoms with Crippen molar-refractivity contribution >= 4 is 70.0 Å². The van der Waals surface area contributed by atoms with Crippen LogP contribution in [0.2, 0.25) is 0 Å². The van der Waals surface area contributed by atoms with Gasteiger partial charge < -0.3 is 9.47 Å². The van der Waals surface area contributed by atoms with Gasteiger partial charge in [-0.1, -0.05) is 55.5 Å². The SMILES string of the molecule is CC(CC(c1ccc(N2C(=O)C=CC2=O)cc1)c1ccc(N2C(=O)C=CC2=O)cc1)(c1ccc(Oc2ccc(N3C(=O)C=CC3=O)cc2)cc1)c1ccc(Oc2ccc(N3C(=O)C=CC3=O)cc2)cc1. The molecule has 0 N–H and O–H groups in total. The minimum absolute atomic E-state index is 0.350. The van der Waals surface area contributed by atoms with Gasteiger partial charge in [0, 0.05) is 59.9 Å². The first-order valence-electron chi connectivity index (χ1n) is 22.0. The maximum Gasteiger partial charge on any atom is 0.258 e. The molecule has 4 aliphatic heterocycles. The van der Waals surface area contributed by atoms with Gasteiger partial charge in [0.2, 0.25) is 0 Å². The van der Waals surface area contributed by atoms with Crippen molar-refractivity contribution in [3.05, 3.63) is 216 Å². The molecule has 14 heteroatoms. The fraction of sp³-hybridized carbons (Fsp3) is 0.0714. The Morgan fingerprint density at radius 3 is 0.786 bits per heavy atom. The average molecular weight is 927 g/mol. The van der Waals surface area contributed by atoms with Gasteiger partial charge in [-0.15, -0.1) is 0 Å². The molecule has 0 spiro atoms. The van der Waals surface area contributed by atoms with Gasteiger partial charge in [-0.25, -0.2) is 19.6 Å². The number of imide groups is 4. The quantitative estimate of drug-likeness (QED) is 0.0966. The molecule has 10 rings (SSSR count). The molecule has 0 saturated heterocycles. The van der Waals surface area contributed by atoms with Crippen LogP contribution in [0, 0.1) is 0 Å². The van der Waals surface area contributed by atoms with Crippen molar-refractivity contribution in [3.63, 3.8) is 0 Å². The van der Waals surface area contributed by atoms with Gasteiger partial charge in [0.1, 0.15) is 23.0 Å². The summed E-state index contributed by atoms with van der Waals surface area (Å²) in [6.45, 7) is 2.12. The lowest BCUT2D eigenvalue weighted by Crippen LogP contribution is -2.30. The highest BCUT2D eigenvalue weighted by molar-refractivity contribution is 6.30. The third-order valence-electron chi connectivity index (χ3n) is 12.6. The number of rotatable bonds is 14. The lowest BCUT2D eigenvalue weighted by molar-refractivity contribution is -0.121. The van der Waals surface area contributed by atoms with Gasteiger partial charge in [-0.05, 0) is 126 Å². The number of amides is 8. The van der Waals surface area contributed by atoms with E-state index in [2.05, 4.69) is 6.92 Å². The topological polar surface area (TPSA) is 168 Å². The number of hydrogen-bond donors (Lipinski definition) is 0. The summed E-state index contributed by atoms with van der Waals surface area (Å²) in [5.74, 6) is -1.75. The molecule has 4 aliphatic rings. The first-order valence-corrected chi connectivity index (χ1v) is 22.0. The predicted molar refractivity (Wildman–Crippen MR) is 258 cm³/mol. The fourth-order valence-electron chi connectivity index (χ4n) is 8.95. The van der Waals surface area contributed by atoms with E-state index >= 15 is 0 Å². The van der Waals surface area contributed by atoms with E-state index in [1.165, 1.54) is 48.6 Å². The largest absolute Gasteiger partial charge is 0.457 e. The zero-order valence-electron chi connectivity index (χ0n) is 37.1. The summed E-state index contributed by atoms with van der Waals surface area (Å²) in [6, 6.07) is 43.1. The Hall–Kier alpha value is -9.56. The second-order valence-electron chi connectivity index (χ2n) is 16.9. The van der Waals surface area contributed by atoms with Gasteiger partial charge in [0.05, 0.1) is 22.7 Å². The predicted octanol–water partition coefficient (Wildman–Crippen LogP) is 8.52. The minimum Gasteiger partial charge on any atom is -0.457 e. The van der Waals surface area contributed by atoms with Crippen molar-refractivity contribution in [3.8, 4) is 23.0 Å². The molecule has 0 radical (unpaired) electrons. The molecule has 14 nitrogen and oxygen atoms in total. The Balaban J connectivity index is 0.987. The van der Waals surface area contributed by atoms with Crippen LogP contribution >= 0.6 is 0 Å². The van der Waals surface area contributed by atoms with Gasteiger partial charge >= 0.3 is 0 Å². The number of carbonyl (C=O) groups is 8. The molecule has 0 unspecified atom stereocenters. The minimum atomic E-state index is -0.760. The number of carbonyl (C=O) groups excluding carboxylic acids is 8. The fourth-order valence-corrected chi connectivity index (χ4v) is 8.95. The molecule has 0 bridgehead atoms. The highest BCUT2D eigenvalue weighted by Crippen LogP contribution is 2.45. The lowest BCUT2D eigenvalue weighted by Gasteiger charge is -2.36. The normalized spacial score (nSPS) is 15.6. The van der Waals surface area contributed by atoms with E-state index in [0.717, 1.165) is 41.9 Å². The standard InChI is InChI=1S/C56H38N4O10/c1-56(37-6-18-43(19-7-37)69-45-22-14-41(15-23-45)59-52(65)30-31-53(59)66,38-8-20-44(21-9-38)70-46-24-16-42(17-25-46)60-54(67)32-33-55(60)68)34-47(35-2-10-39(11-3-35)57-48(61)26-27-49(57)62)36-4-12-40(13-5-36)58-50(63)28-29-51(58)64/h2-33,47H,34H2,1H3. The van der Waals surface area contributed by atoms with Crippen molar-refractivity contribution in [1.82, 2.24) is 0 Å². The van der Waals surface area contributed by atoms with Gasteiger partial charge in [-0.2, -0.15) is 0 Å². The van der Waals surface area contributed by atoms with Crippen LogP contribution in [0.5, 0.6) is 23.0 Å². The summed E-state index contributed by atoms with van der Waals surface area (Å²) in [4.78, 5) is 104. The number of benzene rings is 6. The van der Waals surface area contributed by atoms with Crippen LogP contribution in [0.4, 0.5) is 22.7 Å². The molecule has 4 heterocycles. The maximum atomic E-state index is 12.6. The molecule has 342 valence electrons. The summed E-state index contributed by atoms with van der Waals surface area (Å²) >= 11 is 0. The molecule has 0 saturated carbocycles. The van der Waals surface area contributed by atoms with Crippen LogP contribution in [-0.2, 0) is 43.8 Å². The average Bonchev–Trinajstić information content (AvgIpc) is 4.11. The molecule has 8 amide bonds. The van der Waals surface area contributed by atoms with Gasteiger partial charge in [0.15, 0.2) is 0 Å². The van der Waals surface area contributed by atoms with E-state index in [-0.39, 0.29) is 5.92 Å². The first-order chi connectivity index (χ1) is 33.8. The molecule has 0 fully saturated rings. The van der Waals surface area contributed by atoms with Crippen LogP contribution in [0.15, 0.2) is 194 Å². The Labute approximate surface area is 400 Å². The monoisotopic (exact) mass is 926 g/mol. The van der Waals surface area contributed by atoms with Crippen molar-refractivity contribution in [2.24, 2.45) is 0 Å². The van der Waals surface area contributed by atoms with Gasteiger partial charge in [0.25, 0.3) is 47.3 Å². The summed E-state index contributed by atoms with van der Waals surface area (Å²) < 4.78 is 12.5. The van der Waals surface area contributed by atoms with E-state index in [9.17, 15) is 38.4 Å². The van der Waals surface area contributed by atoms with Crippen molar-refractivity contribution in [2.75, 3.05) is 19.6 Å². The van der Waals surface area contributed by atoms with Crippen molar-refractivity contribution in [2.45, 2.75) is 24.7 Å². The molecule has 6 aromatic carbocycles. The molecule has 0 atom stereocenters. The number of nitrogens with zero attached hydrogens (tertiary/aromatic N) is 4. The molecule has 0 aliphatic carbocycles. The Morgan fingerprint density at radius 2 is 0.543 bits per heavy atom. The van der Waals surface area contributed by atoms with Crippen molar-refractivity contribution < 1.29 is 47.8 Å². The second-order valence-corrected chi connectivity index (χ2v) is 16.9. The first kappa shape index (κ1) is 44.3. The molecular formula is C56H38N4O10. The Kier molecular flexibility index (Phi) is 11.3. The summed E-state index contributed by atoms with van der Waals surface area (Å²) in [5.41, 5.74) is 4.45. The highest BCUT2D eigenvalue weighted by atomic mass is 16.5. The van der Waals surface area contributed by atoms with Gasteiger partial charge in [-0.3, -0.25) is 38.4 Å². The zero-order chi connectivity index (χ0) is 48.7. The smallest absolute Gasteiger partial charge is 0.258 e. The van der Waals surface area contributed by atoms with Crippen LogP contribution in [-0.4, -0.2) is 47.3 Å². The zero-order valence-corrected chi connectivity index (χ0v) is 37.1.